The van der Waals surface area contributed by atoms with Gasteiger partial charge in [0.25, 0.3) is 0 Å². The standard InChI is InChI=1S/C15H23ClN2O2S/c1-10-5-4-6-14(11(10)2)17-12-7-8-15(13(16)9-12)18-21(3,19)20/h7-11,14,17-18H,4-6H2,1-3H3. The summed E-state index contributed by atoms with van der Waals surface area (Å²) < 4.78 is 24.9. The minimum absolute atomic E-state index is 0.405. The molecule has 6 heteroatoms. The van der Waals surface area contributed by atoms with Gasteiger partial charge in [-0.25, -0.2) is 8.42 Å². The van der Waals surface area contributed by atoms with Crippen molar-refractivity contribution in [2.24, 2.45) is 11.8 Å². The maximum Gasteiger partial charge on any atom is 0.229 e. The van der Waals surface area contributed by atoms with Crippen molar-refractivity contribution in [1.82, 2.24) is 0 Å². The molecule has 1 aliphatic rings. The zero-order chi connectivity index (χ0) is 15.6. The van der Waals surface area contributed by atoms with Gasteiger partial charge in [-0.15, -0.1) is 0 Å². The van der Waals surface area contributed by atoms with Gasteiger partial charge in [0, 0.05) is 11.7 Å². The van der Waals surface area contributed by atoms with Crippen molar-refractivity contribution in [3.8, 4) is 0 Å². The average molecular weight is 331 g/mol. The van der Waals surface area contributed by atoms with E-state index in [-0.39, 0.29) is 0 Å². The molecule has 1 aliphatic carbocycles. The van der Waals surface area contributed by atoms with Gasteiger partial charge < -0.3 is 5.32 Å². The van der Waals surface area contributed by atoms with E-state index < -0.39 is 10.0 Å². The van der Waals surface area contributed by atoms with Gasteiger partial charge in [0.15, 0.2) is 0 Å². The Balaban J connectivity index is 2.10. The number of hydrogen-bond donors (Lipinski definition) is 2. The second-order valence-electron chi connectivity index (χ2n) is 6.09. The van der Waals surface area contributed by atoms with E-state index in [1.54, 1.807) is 12.1 Å². The van der Waals surface area contributed by atoms with Crippen LogP contribution in [0.5, 0.6) is 0 Å². The Hall–Kier alpha value is -0.940. The maximum atomic E-state index is 11.2. The van der Waals surface area contributed by atoms with Gasteiger partial charge >= 0.3 is 0 Å². The van der Waals surface area contributed by atoms with E-state index in [4.69, 9.17) is 11.6 Å². The lowest BCUT2D eigenvalue weighted by atomic mass is 9.78. The highest BCUT2D eigenvalue weighted by atomic mass is 35.5. The third-order valence-corrected chi connectivity index (χ3v) is 5.23. The number of benzene rings is 1. The zero-order valence-corrected chi connectivity index (χ0v) is 14.3. The quantitative estimate of drug-likeness (QED) is 0.878. The molecule has 1 saturated carbocycles. The molecule has 3 unspecified atom stereocenters. The van der Waals surface area contributed by atoms with Gasteiger partial charge in [0.1, 0.15) is 0 Å². The predicted octanol–water partition coefficient (Wildman–Crippen LogP) is 3.95. The van der Waals surface area contributed by atoms with Crippen molar-refractivity contribution in [2.75, 3.05) is 16.3 Å². The topological polar surface area (TPSA) is 58.2 Å². The van der Waals surface area contributed by atoms with E-state index in [1.165, 1.54) is 12.8 Å². The third-order valence-electron chi connectivity index (χ3n) is 4.32. The lowest BCUT2D eigenvalue weighted by Crippen LogP contribution is -2.34. The molecule has 3 atom stereocenters. The Labute approximate surface area is 132 Å². The molecule has 21 heavy (non-hydrogen) atoms. The fourth-order valence-corrected chi connectivity index (χ4v) is 3.75. The van der Waals surface area contributed by atoms with E-state index >= 15 is 0 Å². The average Bonchev–Trinajstić information content (AvgIpc) is 2.37. The second kappa shape index (κ2) is 6.44. The summed E-state index contributed by atoms with van der Waals surface area (Å²) in [6, 6.07) is 5.79. The first-order chi connectivity index (χ1) is 9.76. The first-order valence-electron chi connectivity index (χ1n) is 7.30. The van der Waals surface area contributed by atoms with Crippen molar-refractivity contribution in [2.45, 2.75) is 39.2 Å². The minimum Gasteiger partial charge on any atom is -0.382 e. The molecule has 1 aromatic carbocycles. The number of halogens is 1. The van der Waals surface area contributed by atoms with Crippen LogP contribution in [0.25, 0.3) is 0 Å². The van der Waals surface area contributed by atoms with Gasteiger partial charge in [-0.1, -0.05) is 38.3 Å². The van der Waals surface area contributed by atoms with Gasteiger partial charge in [-0.05, 0) is 36.5 Å². The SMILES string of the molecule is CC1CCCC(Nc2ccc(NS(C)(=O)=O)c(Cl)c2)C1C. The highest BCUT2D eigenvalue weighted by Gasteiger charge is 2.26. The molecule has 2 N–H and O–H groups in total. The van der Waals surface area contributed by atoms with Gasteiger partial charge in [0.05, 0.1) is 17.0 Å². The van der Waals surface area contributed by atoms with Crippen LogP contribution >= 0.6 is 11.6 Å². The maximum absolute atomic E-state index is 11.2. The Morgan fingerprint density at radius 2 is 1.95 bits per heavy atom. The first kappa shape index (κ1) is 16.4. The van der Waals surface area contributed by atoms with Crippen LogP contribution in [0.1, 0.15) is 33.1 Å². The predicted molar refractivity (Wildman–Crippen MR) is 89.5 cm³/mol. The molecule has 0 radical (unpaired) electrons. The van der Waals surface area contributed by atoms with Crippen LogP contribution in [0, 0.1) is 11.8 Å². The molecule has 0 amide bonds. The van der Waals surface area contributed by atoms with Crippen LogP contribution in [0.3, 0.4) is 0 Å². The van der Waals surface area contributed by atoms with Gasteiger partial charge in [0.2, 0.25) is 10.0 Å². The molecule has 0 aromatic heterocycles. The molecule has 1 aromatic rings. The normalized spacial score (nSPS) is 26.4. The van der Waals surface area contributed by atoms with E-state index in [9.17, 15) is 8.42 Å². The minimum atomic E-state index is -3.31. The Kier molecular flexibility index (Phi) is 5.04. The van der Waals surface area contributed by atoms with Crippen molar-refractivity contribution < 1.29 is 8.42 Å². The number of anilines is 2. The van der Waals surface area contributed by atoms with Crippen molar-refractivity contribution in [3.63, 3.8) is 0 Å². The second-order valence-corrected chi connectivity index (χ2v) is 8.24. The number of hydrogen-bond acceptors (Lipinski definition) is 3. The van der Waals surface area contributed by atoms with Crippen LogP contribution in [0.15, 0.2) is 18.2 Å². The fraction of sp³-hybridized carbons (Fsp3) is 0.600. The molecule has 0 spiro atoms. The largest absolute Gasteiger partial charge is 0.382 e. The van der Waals surface area contributed by atoms with Gasteiger partial charge in [-0.3, -0.25) is 4.72 Å². The van der Waals surface area contributed by atoms with Crippen LogP contribution < -0.4 is 10.0 Å². The summed E-state index contributed by atoms with van der Waals surface area (Å²) in [5.41, 5.74) is 1.35. The molecule has 0 aliphatic heterocycles. The molecule has 0 bridgehead atoms. The molecule has 0 saturated heterocycles. The summed E-state index contributed by atoms with van der Waals surface area (Å²) in [7, 11) is -3.31. The van der Waals surface area contributed by atoms with Crippen molar-refractivity contribution in [1.29, 1.82) is 0 Å². The summed E-state index contributed by atoms with van der Waals surface area (Å²) in [4.78, 5) is 0. The number of rotatable bonds is 4. The summed E-state index contributed by atoms with van der Waals surface area (Å²) in [5.74, 6) is 1.34. The molecule has 118 valence electrons. The summed E-state index contributed by atoms with van der Waals surface area (Å²) in [6.07, 6.45) is 4.80. The van der Waals surface area contributed by atoms with Crippen LogP contribution in [-0.4, -0.2) is 20.7 Å². The lowest BCUT2D eigenvalue weighted by molar-refractivity contribution is 0.253. The molecule has 0 heterocycles. The monoisotopic (exact) mass is 330 g/mol. The van der Waals surface area contributed by atoms with Crippen molar-refractivity contribution >= 4 is 33.0 Å². The number of sulfonamides is 1. The Morgan fingerprint density at radius 1 is 1.24 bits per heavy atom. The van der Waals surface area contributed by atoms with Crippen molar-refractivity contribution in [3.05, 3.63) is 23.2 Å². The smallest absolute Gasteiger partial charge is 0.229 e. The fourth-order valence-electron chi connectivity index (χ4n) is 2.89. The molecule has 2 rings (SSSR count). The molecular weight excluding hydrogens is 308 g/mol. The Bertz CT molecular complexity index is 604. The zero-order valence-electron chi connectivity index (χ0n) is 12.7. The van der Waals surface area contributed by atoms with E-state index in [0.29, 0.717) is 22.7 Å². The highest BCUT2D eigenvalue weighted by molar-refractivity contribution is 7.92. The van der Waals surface area contributed by atoms with E-state index in [0.717, 1.165) is 24.3 Å². The summed E-state index contributed by atoms with van der Waals surface area (Å²) in [5, 5.41) is 3.93. The van der Waals surface area contributed by atoms with Crippen LogP contribution in [0.2, 0.25) is 5.02 Å². The highest BCUT2D eigenvalue weighted by Crippen LogP contribution is 2.33. The molecule has 4 nitrogen and oxygen atoms in total. The van der Waals surface area contributed by atoms with E-state index in [1.807, 2.05) is 6.07 Å². The molecular formula is C15H23ClN2O2S. The lowest BCUT2D eigenvalue weighted by Gasteiger charge is -2.35. The van der Waals surface area contributed by atoms with Gasteiger partial charge in [-0.2, -0.15) is 0 Å². The number of nitrogens with one attached hydrogen (secondary N) is 2. The summed E-state index contributed by atoms with van der Waals surface area (Å²) >= 11 is 6.15. The Morgan fingerprint density at radius 3 is 2.57 bits per heavy atom. The van der Waals surface area contributed by atoms with Crippen LogP contribution in [-0.2, 0) is 10.0 Å². The summed E-state index contributed by atoms with van der Waals surface area (Å²) in [6.45, 7) is 4.58. The molecule has 1 fully saturated rings. The van der Waals surface area contributed by atoms with Crippen LogP contribution in [0.4, 0.5) is 11.4 Å². The first-order valence-corrected chi connectivity index (χ1v) is 9.57. The van der Waals surface area contributed by atoms with E-state index in [2.05, 4.69) is 23.9 Å². The third kappa shape index (κ3) is 4.51.